The zero-order valence-corrected chi connectivity index (χ0v) is 22.3. The largest absolute Gasteiger partial charge is 0.393 e. The van der Waals surface area contributed by atoms with Gasteiger partial charge in [0, 0.05) is 0 Å². The molecule has 0 radical (unpaired) electrons. The molecule has 0 heterocycles. The predicted molar refractivity (Wildman–Crippen MR) is 132 cm³/mol. The molecular formula is C30H52O2. The first-order valence-corrected chi connectivity index (χ1v) is 14.1. The molecule has 2 spiro atoms. The summed E-state index contributed by atoms with van der Waals surface area (Å²) in [6, 6.07) is 0. The van der Waals surface area contributed by atoms with Crippen molar-refractivity contribution in [1.82, 2.24) is 0 Å². The van der Waals surface area contributed by atoms with Crippen LogP contribution < -0.4 is 0 Å². The first-order chi connectivity index (χ1) is 14.7. The van der Waals surface area contributed by atoms with Crippen molar-refractivity contribution in [2.75, 3.05) is 0 Å². The molecule has 2 heteroatoms. The molecule has 5 rings (SSSR count). The van der Waals surface area contributed by atoms with Crippen molar-refractivity contribution >= 4 is 0 Å². The molecule has 2 unspecified atom stereocenters. The lowest BCUT2D eigenvalue weighted by Crippen LogP contribution is -2.57. The monoisotopic (exact) mass is 444 g/mol. The highest BCUT2D eigenvalue weighted by Gasteiger charge is 2.82. The van der Waals surface area contributed by atoms with Crippen molar-refractivity contribution in [2.24, 2.45) is 50.7 Å². The smallest absolute Gasteiger partial charge is 0.0594 e. The van der Waals surface area contributed by atoms with Crippen molar-refractivity contribution in [1.29, 1.82) is 0 Å². The summed E-state index contributed by atoms with van der Waals surface area (Å²) < 4.78 is 0. The molecule has 184 valence electrons. The molecule has 5 aliphatic carbocycles. The minimum Gasteiger partial charge on any atom is -0.393 e. The standard InChI is InChI=1S/C30H52O2/c1-20(9-8-14-25(2,3)32)21-12-15-28(7)23-11-10-22-26(4,5)24(31)13-16-29(22)19-30(23,29)18-17-27(21,28)6/h20-24,31-32H,8-19H2,1-7H3/t20-,21-,22?,23?,24+,27-,28+,29-,30+/m1/s1. The van der Waals surface area contributed by atoms with E-state index in [0.29, 0.717) is 21.7 Å². The Kier molecular flexibility index (Phi) is 5.17. The fourth-order valence-corrected chi connectivity index (χ4v) is 11.4. The highest BCUT2D eigenvalue weighted by Crippen LogP contribution is 2.89. The third-order valence-electron chi connectivity index (χ3n) is 13.3. The number of fused-ring (bicyclic) bond motifs is 2. The maximum Gasteiger partial charge on any atom is 0.0594 e. The molecule has 5 fully saturated rings. The Hall–Kier alpha value is -0.0800. The highest BCUT2D eigenvalue weighted by atomic mass is 16.3. The Balaban J connectivity index is 1.37. The van der Waals surface area contributed by atoms with Crippen LogP contribution >= 0.6 is 0 Å². The van der Waals surface area contributed by atoms with Gasteiger partial charge in [0.15, 0.2) is 0 Å². The molecular weight excluding hydrogens is 392 g/mol. The normalized spacial score (nSPS) is 52.4. The van der Waals surface area contributed by atoms with Gasteiger partial charge in [0.05, 0.1) is 11.7 Å². The van der Waals surface area contributed by atoms with E-state index < -0.39 is 5.60 Å². The molecule has 2 N–H and O–H groups in total. The van der Waals surface area contributed by atoms with Crippen molar-refractivity contribution in [3.63, 3.8) is 0 Å². The van der Waals surface area contributed by atoms with Gasteiger partial charge in [-0.2, -0.15) is 0 Å². The number of aliphatic hydroxyl groups excluding tert-OH is 1. The number of hydrogen-bond donors (Lipinski definition) is 2. The molecule has 5 aliphatic rings. The zero-order valence-electron chi connectivity index (χ0n) is 22.3. The fourth-order valence-electron chi connectivity index (χ4n) is 11.4. The van der Waals surface area contributed by atoms with Crippen molar-refractivity contribution in [2.45, 2.75) is 137 Å². The van der Waals surface area contributed by atoms with Crippen molar-refractivity contribution in [3.8, 4) is 0 Å². The van der Waals surface area contributed by atoms with Crippen LogP contribution in [-0.4, -0.2) is 21.9 Å². The highest BCUT2D eigenvalue weighted by molar-refractivity contribution is 5.30. The van der Waals surface area contributed by atoms with Crippen LogP contribution in [0.5, 0.6) is 0 Å². The summed E-state index contributed by atoms with van der Waals surface area (Å²) >= 11 is 0. The molecule has 2 nitrogen and oxygen atoms in total. The Morgan fingerprint density at radius 1 is 0.844 bits per heavy atom. The maximum absolute atomic E-state index is 10.8. The molecule has 0 aromatic heterocycles. The molecule has 0 aromatic carbocycles. The van der Waals surface area contributed by atoms with E-state index in [2.05, 4.69) is 34.6 Å². The number of rotatable bonds is 5. The van der Waals surface area contributed by atoms with Crippen LogP contribution in [0.15, 0.2) is 0 Å². The molecule has 0 bridgehead atoms. The van der Waals surface area contributed by atoms with Gasteiger partial charge in [-0.1, -0.05) is 47.5 Å². The Labute approximate surface area is 198 Å². The van der Waals surface area contributed by atoms with E-state index in [4.69, 9.17) is 0 Å². The van der Waals surface area contributed by atoms with Gasteiger partial charge >= 0.3 is 0 Å². The average molecular weight is 445 g/mol. The lowest BCUT2D eigenvalue weighted by atomic mass is 9.41. The molecule has 0 amide bonds. The van der Waals surface area contributed by atoms with Gasteiger partial charge in [0.1, 0.15) is 0 Å². The van der Waals surface area contributed by atoms with Gasteiger partial charge in [-0.05, 0) is 129 Å². The van der Waals surface area contributed by atoms with Crippen LogP contribution in [0, 0.1) is 50.7 Å². The van der Waals surface area contributed by atoms with Gasteiger partial charge < -0.3 is 10.2 Å². The van der Waals surface area contributed by atoms with Gasteiger partial charge in [-0.15, -0.1) is 0 Å². The number of hydrogen-bond acceptors (Lipinski definition) is 2. The number of aliphatic hydroxyl groups is 2. The zero-order chi connectivity index (χ0) is 23.4. The lowest BCUT2D eigenvalue weighted by molar-refractivity contribution is -0.161. The van der Waals surface area contributed by atoms with Crippen molar-refractivity contribution < 1.29 is 10.2 Å². The van der Waals surface area contributed by atoms with Crippen LogP contribution in [-0.2, 0) is 0 Å². The third-order valence-corrected chi connectivity index (χ3v) is 13.3. The summed E-state index contributed by atoms with van der Waals surface area (Å²) in [6.45, 7) is 16.6. The predicted octanol–water partition coefficient (Wildman–Crippen LogP) is 7.36. The van der Waals surface area contributed by atoms with Gasteiger partial charge in [0.2, 0.25) is 0 Å². The minimum atomic E-state index is -0.523. The van der Waals surface area contributed by atoms with E-state index >= 15 is 0 Å². The summed E-state index contributed by atoms with van der Waals surface area (Å²) in [4.78, 5) is 0. The van der Waals surface area contributed by atoms with Gasteiger partial charge in [-0.3, -0.25) is 0 Å². The van der Waals surface area contributed by atoms with Crippen molar-refractivity contribution in [3.05, 3.63) is 0 Å². The van der Waals surface area contributed by atoms with Crippen LogP contribution in [0.3, 0.4) is 0 Å². The van der Waals surface area contributed by atoms with Gasteiger partial charge in [0.25, 0.3) is 0 Å². The minimum absolute atomic E-state index is 0.0988. The van der Waals surface area contributed by atoms with Crippen LogP contribution in [0.25, 0.3) is 0 Å². The summed E-state index contributed by atoms with van der Waals surface area (Å²) in [6.07, 6.45) is 15.6. The van der Waals surface area contributed by atoms with E-state index in [9.17, 15) is 10.2 Å². The van der Waals surface area contributed by atoms with Crippen LogP contribution in [0.1, 0.15) is 126 Å². The molecule has 9 atom stereocenters. The Bertz CT molecular complexity index is 750. The maximum atomic E-state index is 10.8. The molecule has 0 aliphatic heterocycles. The molecule has 5 saturated carbocycles. The lowest BCUT2D eigenvalue weighted by Gasteiger charge is -2.63. The van der Waals surface area contributed by atoms with E-state index in [-0.39, 0.29) is 11.5 Å². The first-order valence-electron chi connectivity index (χ1n) is 14.1. The summed E-state index contributed by atoms with van der Waals surface area (Å²) in [5.41, 5.74) is 1.71. The average Bonchev–Trinajstić information content (AvgIpc) is 3.27. The van der Waals surface area contributed by atoms with Crippen LogP contribution in [0.4, 0.5) is 0 Å². The fraction of sp³-hybridized carbons (Fsp3) is 1.00. The van der Waals surface area contributed by atoms with E-state index in [1.807, 2.05) is 13.8 Å². The third kappa shape index (κ3) is 2.90. The molecule has 32 heavy (non-hydrogen) atoms. The second-order valence-electron chi connectivity index (χ2n) is 15.2. The quantitative estimate of drug-likeness (QED) is 0.465. The Morgan fingerprint density at radius 2 is 1.50 bits per heavy atom. The summed E-state index contributed by atoms with van der Waals surface area (Å²) in [7, 11) is 0. The topological polar surface area (TPSA) is 40.5 Å². The van der Waals surface area contributed by atoms with E-state index in [1.165, 1.54) is 57.8 Å². The second kappa shape index (κ2) is 6.99. The molecule has 0 aromatic rings. The van der Waals surface area contributed by atoms with E-state index in [0.717, 1.165) is 42.9 Å². The second-order valence-corrected chi connectivity index (χ2v) is 15.2. The van der Waals surface area contributed by atoms with E-state index in [1.54, 1.807) is 0 Å². The van der Waals surface area contributed by atoms with Crippen LogP contribution in [0.2, 0.25) is 0 Å². The van der Waals surface area contributed by atoms with Gasteiger partial charge in [-0.25, -0.2) is 0 Å². The summed E-state index contributed by atoms with van der Waals surface area (Å²) in [5.74, 6) is 3.26. The molecule has 0 saturated heterocycles. The summed E-state index contributed by atoms with van der Waals surface area (Å²) in [5, 5.41) is 21.0. The SMILES string of the molecule is C[C@H](CCCC(C)(C)O)[C@H]1CC[C@@]2(C)C3CCC4C(C)(C)[C@@H](O)CC[C@@]45C[C@@]35CC[C@]12C. The first kappa shape index (κ1) is 23.7. The Morgan fingerprint density at radius 3 is 2.19 bits per heavy atom.